The summed E-state index contributed by atoms with van der Waals surface area (Å²) in [5.74, 6) is -1.77. The van der Waals surface area contributed by atoms with Crippen LogP contribution < -0.4 is 5.32 Å². The first kappa shape index (κ1) is 19.2. The third kappa shape index (κ3) is 4.48. The number of hydrogen-bond donors (Lipinski definition) is 2. The molecule has 25 heavy (non-hydrogen) atoms. The van der Waals surface area contributed by atoms with Gasteiger partial charge in [-0.2, -0.15) is 0 Å². The molecule has 136 valence electrons. The van der Waals surface area contributed by atoms with Crippen LogP contribution in [0.25, 0.3) is 0 Å². The molecule has 1 amide bonds. The SMILES string of the molecule is COC(=O)c1c(NC(=O)/C=C/C(=O)O)sc2c1CCC(C(C)(C)C)C2. The molecule has 0 saturated carbocycles. The minimum Gasteiger partial charge on any atom is -0.478 e. The molecule has 0 fully saturated rings. The lowest BCUT2D eigenvalue weighted by Crippen LogP contribution is -2.26. The van der Waals surface area contributed by atoms with Crippen molar-refractivity contribution in [1.29, 1.82) is 0 Å². The number of thiophene rings is 1. The summed E-state index contributed by atoms with van der Waals surface area (Å²) in [6.45, 7) is 6.62. The molecule has 2 rings (SSSR count). The molecule has 0 aromatic carbocycles. The van der Waals surface area contributed by atoms with Crippen molar-refractivity contribution in [3.8, 4) is 0 Å². The van der Waals surface area contributed by atoms with Crippen molar-refractivity contribution in [2.24, 2.45) is 11.3 Å². The molecule has 1 atom stereocenters. The number of carboxylic acid groups (broad SMARTS) is 1. The van der Waals surface area contributed by atoms with E-state index in [4.69, 9.17) is 9.84 Å². The second-order valence-corrected chi connectivity index (χ2v) is 8.27. The summed E-state index contributed by atoms with van der Waals surface area (Å²) in [5.41, 5.74) is 1.50. The van der Waals surface area contributed by atoms with E-state index in [-0.39, 0.29) is 5.41 Å². The van der Waals surface area contributed by atoms with Gasteiger partial charge >= 0.3 is 11.9 Å². The van der Waals surface area contributed by atoms with Gasteiger partial charge in [0.25, 0.3) is 0 Å². The van der Waals surface area contributed by atoms with Crippen molar-refractivity contribution in [1.82, 2.24) is 0 Å². The highest BCUT2D eigenvalue weighted by Gasteiger charge is 2.34. The Kier molecular flexibility index (Phi) is 5.67. The van der Waals surface area contributed by atoms with Crippen molar-refractivity contribution in [2.75, 3.05) is 12.4 Å². The fraction of sp³-hybridized carbons (Fsp3) is 0.500. The van der Waals surface area contributed by atoms with Gasteiger partial charge in [-0.15, -0.1) is 11.3 Å². The lowest BCUT2D eigenvalue weighted by Gasteiger charge is -2.33. The number of carbonyl (C=O) groups excluding carboxylic acids is 2. The van der Waals surface area contributed by atoms with Crippen LogP contribution in [0.1, 0.15) is 48.0 Å². The highest BCUT2D eigenvalue weighted by molar-refractivity contribution is 7.17. The minimum absolute atomic E-state index is 0.167. The van der Waals surface area contributed by atoms with Gasteiger partial charge < -0.3 is 15.2 Å². The van der Waals surface area contributed by atoms with Gasteiger partial charge in [-0.25, -0.2) is 9.59 Å². The maximum atomic E-state index is 12.2. The summed E-state index contributed by atoms with van der Waals surface area (Å²) in [4.78, 5) is 35.7. The number of fused-ring (bicyclic) bond motifs is 1. The molecule has 2 N–H and O–H groups in total. The smallest absolute Gasteiger partial charge is 0.341 e. The Morgan fingerprint density at radius 1 is 1.28 bits per heavy atom. The van der Waals surface area contributed by atoms with Crippen molar-refractivity contribution in [3.05, 3.63) is 28.2 Å². The topological polar surface area (TPSA) is 92.7 Å². The molecule has 1 aromatic rings. The number of anilines is 1. The molecule has 0 aliphatic heterocycles. The number of ether oxygens (including phenoxy) is 1. The predicted molar refractivity (Wildman–Crippen MR) is 96.0 cm³/mol. The van der Waals surface area contributed by atoms with E-state index in [1.165, 1.54) is 18.4 Å². The Bertz CT molecular complexity index is 727. The van der Waals surface area contributed by atoms with E-state index >= 15 is 0 Å². The van der Waals surface area contributed by atoms with Crippen molar-refractivity contribution in [2.45, 2.75) is 40.0 Å². The molecule has 0 bridgehead atoms. The molecule has 1 unspecified atom stereocenters. The van der Waals surface area contributed by atoms with E-state index in [9.17, 15) is 14.4 Å². The number of rotatable bonds is 4. The Balaban J connectivity index is 2.34. The largest absolute Gasteiger partial charge is 0.478 e. The molecular weight excluding hydrogens is 342 g/mol. The molecule has 0 spiro atoms. The van der Waals surface area contributed by atoms with E-state index in [1.807, 2.05) is 0 Å². The number of carbonyl (C=O) groups is 3. The highest BCUT2D eigenvalue weighted by Crippen LogP contribution is 2.44. The van der Waals surface area contributed by atoms with E-state index in [1.54, 1.807) is 0 Å². The molecular formula is C18H23NO5S. The minimum atomic E-state index is -1.21. The quantitative estimate of drug-likeness (QED) is 0.631. The number of carboxylic acids is 1. The van der Waals surface area contributed by atoms with Crippen LogP contribution in [-0.4, -0.2) is 30.1 Å². The molecule has 0 saturated heterocycles. The van der Waals surface area contributed by atoms with E-state index < -0.39 is 17.8 Å². The zero-order chi connectivity index (χ0) is 18.8. The van der Waals surface area contributed by atoms with Crippen LogP contribution in [0.3, 0.4) is 0 Å². The average molecular weight is 365 g/mol. The molecule has 0 radical (unpaired) electrons. The normalized spacial score (nSPS) is 17.2. The number of hydrogen-bond acceptors (Lipinski definition) is 5. The van der Waals surface area contributed by atoms with Crippen LogP contribution in [-0.2, 0) is 27.2 Å². The van der Waals surface area contributed by atoms with E-state index in [0.29, 0.717) is 16.5 Å². The Morgan fingerprint density at radius 2 is 1.96 bits per heavy atom. The van der Waals surface area contributed by atoms with Gasteiger partial charge in [0, 0.05) is 17.0 Å². The van der Waals surface area contributed by atoms with Crippen LogP contribution in [0.15, 0.2) is 12.2 Å². The van der Waals surface area contributed by atoms with Crippen LogP contribution in [0.2, 0.25) is 0 Å². The zero-order valence-electron chi connectivity index (χ0n) is 14.8. The molecule has 1 aliphatic carbocycles. The Labute approximate surface area is 150 Å². The van der Waals surface area contributed by atoms with Crippen LogP contribution in [0.4, 0.5) is 5.00 Å². The highest BCUT2D eigenvalue weighted by atomic mass is 32.1. The number of nitrogens with one attached hydrogen (secondary N) is 1. The summed E-state index contributed by atoms with van der Waals surface area (Å²) >= 11 is 1.37. The van der Waals surface area contributed by atoms with Crippen LogP contribution in [0.5, 0.6) is 0 Å². The van der Waals surface area contributed by atoms with Crippen molar-refractivity contribution >= 4 is 34.2 Å². The first-order valence-corrected chi connectivity index (χ1v) is 8.90. The number of amides is 1. The molecule has 6 nitrogen and oxygen atoms in total. The third-order valence-corrected chi connectivity index (χ3v) is 5.66. The fourth-order valence-electron chi connectivity index (χ4n) is 3.03. The number of methoxy groups -OCH3 is 1. The lowest BCUT2D eigenvalue weighted by molar-refractivity contribution is -0.131. The second-order valence-electron chi connectivity index (χ2n) is 7.17. The first-order valence-electron chi connectivity index (χ1n) is 8.08. The Hall–Kier alpha value is -2.15. The number of esters is 1. The fourth-order valence-corrected chi connectivity index (χ4v) is 4.35. The van der Waals surface area contributed by atoms with E-state index in [0.717, 1.165) is 41.9 Å². The van der Waals surface area contributed by atoms with Gasteiger partial charge in [0.2, 0.25) is 5.91 Å². The maximum Gasteiger partial charge on any atom is 0.341 e. The molecule has 1 heterocycles. The maximum absolute atomic E-state index is 12.2. The summed E-state index contributed by atoms with van der Waals surface area (Å²) < 4.78 is 4.88. The standard InChI is InChI=1S/C18H23NO5S/c1-18(2,3)10-5-6-11-12(9-10)25-16(15(11)17(23)24-4)19-13(20)7-8-14(21)22/h7-8,10H,5-6,9H2,1-4H3,(H,19,20)(H,21,22)/b8-7+. The number of aliphatic carboxylic acids is 1. The van der Waals surface area contributed by atoms with Gasteiger partial charge in [0.15, 0.2) is 0 Å². The monoisotopic (exact) mass is 365 g/mol. The van der Waals surface area contributed by atoms with Gasteiger partial charge in [-0.1, -0.05) is 20.8 Å². The summed E-state index contributed by atoms with van der Waals surface area (Å²) in [6.07, 6.45) is 4.28. The molecule has 7 heteroatoms. The third-order valence-electron chi connectivity index (χ3n) is 4.49. The lowest BCUT2D eigenvalue weighted by atomic mass is 9.72. The Morgan fingerprint density at radius 3 is 2.52 bits per heavy atom. The molecule has 1 aromatic heterocycles. The zero-order valence-corrected chi connectivity index (χ0v) is 15.7. The van der Waals surface area contributed by atoms with Gasteiger partial charge in [-0.3, -0.25) is 4.79 Å². The van der Waals surface area contributed by atoms with Gasteiger partial charge in [0.05, 0.1) is 12.7 Å². The van der Waals surface area contributed by atoms with Crippen molar-refractivity contribution < 1.29 is 24.2 Å². The predicted octanol–water partition coefficient (Wildman–Crippen LogP) is 3.27. The van der Waals surface area contributed by atoms with Gasteiger partial charge in [0.1, 0.15) is 5.00 Å². The van der Waals surface area contributed by atoms with E-state index in [2.05, 4.69) is 26.1 Å². The van der Waals surface area contributed by atoms with Crippen LogP contribution in [0, 0.1) is 11.3 Å². The summed E-state index contributed by atoms with van der Waals surface area (Å²) in [6, 6.07) is 0. The first-order chi connectivity index (χ1) is 11.6. The van der Waals surface area contributed by atoms with Gasteiger partial charge in [-0.05, 0) is 36.2 Å². The average Bonchev–Trinajstić information content (AvgIpc) is 2.88. The summed E-state index contributed by atoms with van der Waals surface area (Å²) in [7, 11) is 1.31. The van der Waals surface area contributed by atoms with Crippen molar-refractivity contribution in [3.63, 3.8) is 0 Å². The van der Waals surface area contributed by atoms with Crippen LogP contribution >= 0.6 is 11.3 Å². The molecule has 1 aliphatic rings. The summed E-state index contributed by atoms with van der Waals surface area (Å²) in [5, 5.41) is 11.7. The second kappa shape index (κ2) is 7.39.